The molecule has 1 aromatic carbocycles. The predicted octanol–water partition coefficient (Wildman–Crippen LogP) is -5.07. The van der Waals surface area contributed by atoms with Crippen molar-refractivity contribution in [2.24, 2.45) is 0 Å². The van der Waals surface area contributed by atoms with Crippen molar-refractivity contribution < 1.29 is 83.9 Å². The highest BCUT2D eigenvalue weighted by Crippen LogP contribution is 2.30. The van der Waals surface area contributed by atoms with E-state index in [-0.39, 0.29) is 11.3 Å². The number of aliphatic hydroxyl groups excluding tert-OH is 10. The van der Waals surface area contributed by atoms with Gasteiger partial charge in [-0.15, -0.1) is 0 Å². The molecule has 3 fully saturated rings. The van der Waals surface area contributed by atoms with E-state index in [1.165, 1.54) is 18.2 Å². The highest BCUT2D eigenvalue weighted by molar-refractivity contribution is 5.81. The average molecular weight is 663 g/mol. The van der Waals surface area contributed by atoms with Crippen molar-refractivity contribution in [1.29, 1.82) is 0 Å². The van der Waals surface area contributed by atoms with Crippen molar-refractivity contribution >= 4 is 11.0 Å². The highest BCUT2D eigenvalue weighted by Gasteiger charge is 2.49. The number of aliphatic hydroxyl groups is 10. The number of aryl methyl sites for hydroxylation is 1. The largest absolute Gasteiger partial charge is 0.462 e. The first-order valence-corrected chi connectivity index (χ1v) is 14.4. The van der Waals surface area contributed by atoms with E-state index in [2.05, 4.69) is 0 Å². The number of rotatable bonds is 9. The third-order valence-corrected chi connectivity index (χ3v) is 8.21. The fraction of sp³-hybridized carbons (Fsp3) is 0.679. The summed E-state index contributed by atoms with van der Waals surface area (Å²) in [4.78, 5) is 11.8. The van der Waals surface area contributed by atoms with Gasteiger partial charge >= 0.3 is 5.63 Å². The number of hydrogen-bond donors (Lipinski definition) is 10. The minimum absolute atomic E-state index is 0.0962. The van der Waals surface area contributed by atoms with E-state index < -0.39 is 118 Å². The molecule has 5 rings (SSSR count). The van der Waals surface area contributed by atoms with Crippen LogP contribution < -0.4 is 10.4 Å². The van der Waals surface area contributed by atoms with Crippen LogP contribution in [0.3, 0.4) is 0 Å². The molecule has 3 saturated heterocycles. The molecule has 15 atom stereocenters. The summed E-state index contributed by atoms with van der Waals surface area (Å²) in [5, 5.41) is 103. The minimum Gasteiger partial charge on any atom is -0.462 e. The molecule has 0 bridgehead atoms. The molecule has 258 valence electrons. The second-order valence-corrected chi connectivity index (χ2v) is 11.4. The third kappa shape index (κ3) is 7.06. The standard InChI is InChI=1S/C28H38O18/c1-9-4-16(30)43-12-5-10(2-3-11(9)12)42-28-25(39)22(36)19(33)15(46-28)8-41-27-24(38)21(35)18(32)14(45-27)7-40-26-23(37)20(34)17(31)13(6-29)44-26/h2-5,13-15,17-29,31-39H,6-8H2,1H3/t13?,14?,15?,17-,18-,19-,20+,21+,22+,23?,24?,25?,26-,27-,28-/m1/s1. The third-order valence-electron chi connectivity index (χ3n) is 8.21. The molecule has 2 aromatic rings. The normalized spacial score (nSPS) is 41.8. The van der Waals surface area contributed by atoms with Crippen LogP contribution in [0.1, 0.15) is 5.56 Å². The highest BCUT2D eigenvalue weighted by atomic mass is 16.7. The molecule has 0 amide bonds. The number of benzene rings is 1. The summed E-state index contributed by atoms with van der Waals surface area (Å²) in [6.07, 6.45) is -24.6. The van der Waals surface area contributed by atoms with E-state index in [4.69, 9.17) is 32.8 Å². The van der Waals surface area contributed by atoms with Gasteiger partial charge in [0.05, 0.1) is 19.8 Å². The maximum absolute atomic E-state index is 11.8. The van der Waals surface area contributed by atoms with Crippen LogP contribution in [0.4, 0.5) is 0 Å². The molecule has 18 nitrogen and oxygen atoms in total. The van der Waals surface area contributed by atoms with Gasteiger partial charge < -0.3 is 83.9 Å². The van der Waals surface area contributed by atoms with Gasteiger partial charge in [-0.2, -0.15) is 0 Å². The smallest absolute Gasteiger partial charge is 0.336 e. The molecule has 4 heterocycles. The Hall–Kier alpha value is -2.37. The summed E-state index contributed by atoms with van der Waals surface area (Å²) in [6.45, 7) is -0.178. The fourth-order valence-electron chi connectivity index (χ4n) is 5.44. The summed E-state index contributed by atoms with van der Waals surface area (Å²) in [5.41, 5.74) is 0.275. The second kappa shape index (κ2) is 14.4. The predicted molar refractivity (Wildman–Crippen MR) is 147 cm³/mol. The second-order valence-electron chi connectivity index (χ2n) is 11.4. The molecule has 1 aromatic heterocycles. The number of fused-ring (bicyclic) bond motifs is 1. The molecule has 10 N–H and O–H groups in total. The molecule has 0 aliphatic carbocycles. The van der Waals surface area contributed by atoms with Crippen molar-refractivity contribution in [1.82, 2.24) is 0 Å². The first-order chi connectivity index (χ1) is 21.8. The molecular weight excluding hydrogens is 624 g/mol. The van der Waals surface area contributed by atoms with Gasteiger partial charge in [0.2, 0.25) is 6.29 Å². The summed E-state index contributed by atoms with van der Waals surface area (Å²) in [7, 11) is 0. The molecular formula is C28H38O18. The summed E-state index contributed by atoms with van der Waals surface area (Å²) >= 11 is 0. The monoisotopic (exact) mass is 662 g/mol. The molecule has 18 heteroatoms. The van der Waals surface area contributed by atoms with E-state index in [0.29, 0.717) is 10.9 Å². The summed E-state index contributed by atoms with van der Waals surface area (Å²) in [5.74, 6) is 0.0962. The van der Waals surface area contributed by atoms with Gasteiger partial charge in [0, 0.05) is 17.5 Å². The van der Waals surface area contributed by atoms with Crippen LogP contribution in [-0.4, -0.2) is 163 Å². The van der Waals surface area contributed by atoms with E-state index in [1.807, 2.05) is 0 Å². The Morgan fingerprint density at radius 1 is 0.630 bits per heavy atom. The SMILES string of the molecule is Cc1cc(=O)oc2cc(O[C@@H]3OC(CO[C@@H]4OC(CO[C@@H]5OC(CO)[C@@H](O)[C@H](O)C5O)[C@@H](O)[C@H](O)C4O)[C@@H](O)[C@H](O)C3O)ccc12. The maximum Gasteiger partial charge on any atom is 0.336 e. The van der Waals surface area contributed by atoms with Crippen molar-refractivity contribution in [3.63, 3.8) is 0 Å². The van der Waals surface area contributed by atoms with Gasteiger partial charge in [-0.1, -0.05) is 0 Å². The van der Waals surface area contributed by atoms with Crippen molar-refractivity contribution in [3.8, 4) is 5.75 Å². The van der Waals surface area contributed by atoms with Crippen molar-refractivity contribution in [3.05, 3.63) is 40.2 Å². The zero-order valence-corrected chi connectivity index (χ0v) is 24.3. The van der Waals surface area contributed by atoms with Crippen molar-refractivity contribution in [2.45, 2.75) is 99.0 Å². The lowest BCUT2D eigenvalue weighted by Crippen LogP contribution is -2.63. The van der Waals surface area contributed by atoms with Crippen LogP contribution in [0, 0.1) is 6.92 Å². The molecule has 0 radical (unpaired) electrons. The van der Waals surface area contributed by atoms with Gasteiger partial charge in [0.1, 0.15) is 84.6 Å². The zero-order valence-electron chi connectivity index (χ0n) is 24.3. The molecule has 3 aliphatic rings. The van der Waals surface area contributed by atoms with Gasteiger partial charge in [0.15, 0.2) is 12.6 Å². The molecule has 6 unspecified atom stereocenters. The molecule has 46 heavy (non-hydrogen) atoms. The lowest BCUT2D eigenvalue weighted by Gasteiger charge is -2.43. The molecule has 3 aliphatic heterocycles. The Balaban J connectivity index is 1.21. The Bertz CT molecular complexity index is 1370. The van der Waals surface area contributed by atoms with Crippen LogP contribution in [0.5, 0.6) is 5.75 Å². The Morgan fingerprint density at radius 3 is 1.65 bits per heavy atom. The van der Waals surface area contributed by atoms with E-state index in [1.54, 1.807) is 13.0 Å². The average Bonchev–Trinajstić information content (AvgIpc) is 3.03. The quantitative estimate of drug-likeness (QED) is 0.112. The topological polar surface area (TPSA) is 288 Å². The fourth-order valence-corrected chi connectivity index (χ4v) is 5.44. The Kier molecular flexibility index (Phi) is 10.9. The van der Waals surface area contributed by atoms with Crippen LogP contribution in [-0.2, 0) is 23.7 Å². The van der Waals surface area contributed by atoms with E-state index >= 15 is 0 Å². The zero-order chi connectivity index (χ0) is 33.4. The van der Waals surface area contributed by atoms with E-state index in [0.717, 1.165) is 0 Å². The molecule has 0 saturated carbocycles. The van der Waals surface area contributed by atoms with Crippen LogP contribution in [0.2, 0.25) is 0 Å². The van der Waals surface area contributed by atoms with Gasteiger partial charge in [-0.3, -0.25) is 0 Å². The summed E-state index contributed by atoms with van der Waals surface area (Å²) < 4.78 is 38.2. The number of ether oxygens (including phenoxy) is 6. The molecule has 0 spiro atoms. The van der Waals surface area contributed by atoms with Crippen LogP contribution >= 0.6 is 0 Å². The van der Waals surface area contributed by atoms with Crippen molar-refractivity contribution in [2.75, 3.05) is 19.8 Å². The van der Waals surface area contributed by atoms with E-state index in [9.17, 15) is 55.9 Å². The van der Waals surface area contributed by atoms with Gasteiger partial charge in [0.25, 0.3) is 0 Å². The van der Waals surface area contributed by atoms with Crippen LogP contribution in [0.15, 0.2) is 33.5 Å². The summed E-state index contributed by atoms with van der Waals surface area (Å²) in [6, 6.07) is 5.83. The van der Waals surface area contributed by atoms with Crippen LogP contribution in [0.25, 0.3) is 11.0 Å². The Morgan fingerprint density at radius 2 is 1.11 bits per heavy atom. The van der Waals surface area contributed by atoms with Gasteiger partial charge in [-0.25, -0.2) is 4.79 Å². The first-order valence-electron chi connectivity index (χ1n) is 14.4. The Labute approximate surface area is 260 Å². The lowest BCUT2D eigenvalue weighted by molar-refractivity contribution is -0.339. The maximum atomic E-state index is 11.8. The van der Waals surface area contributed by atoms with Gasteiger partial charge in [-0.05, 0) is 24.6 Å². The lowest BCUT2D eigenvalue weighted by atomic mass is 9.98. The first kappa shape index (κ1) is 35.0. The number of hydrogen-bond acceptors (Lipinski definition) is 18. The minimum atomic E-state index is -1.83.